The van der Waals surface area contributed by atoms with E-state index in [0.29, 0.717) is 5.56 Å². The van der Waals surface area contributed by atoms with E-state index in [0.717, 1.165) is 15.4 Å². The van der Waals surface area contributed by atoms with E-state index in [-0.39, 0.29) is 17.4 Å². The van der Waals surface area contributed by atoms with Gasteiger partial charge in [-0.05, 0) is 6.92 Å². The monoisotopic (exact) mass is 292 g/mol. The minimum atomic E-state index is -0.316. The molecule has 0 atom stereocenters. The molecule has 0 saturated carbocycles. The van der Waals surface area contributed by atoms with Gasteiger partial charge in [0.05, 0.1) is 11.3 Å². The van der Waals surface area contributed by atoms with Crippen molar-refractivity contribution in [2.24, 2.45) is 0 Å². The summed E-state index contributed by atoms with van der Waals surface area (Å²) in [6, 6.07) is 0. The summed E-state index contributed by atoms with van der Waals surface area (Å²) >= 11 is 2.96. The lowest BCUT2D eigenvalue weighted by molar-refractivity contribution is 0.0965. The van der Waals surface area contributed by atoms with Crippen LogP contribution in [0.25, 0.3) is 10.6 Å². The molecular weight excluding hydrogens is 280 g/mol. The third-order valence-electron chi connectivity index (χ3n) is 2.48. The summed E-state index contributed by atoms with van der Waals surface area (Å²) in [4.78, 5) is 17.3. The third-order valence-corrected chi connectivity index (χ3v) is 4.20. The molecule has 2 rings (SSSR count). The maximum absolute atomic E-state index is 12.2. The van der Waals surface area contributed by atoms with Gasteiger partial charge in [-0.15, -0.1) is 22.7 Å². The Morgan fingerprint density at radius 2 is 2.16 bits per heavy atom. The largest absolute Gasteiger partial charge is 0.506 e. The van der Waals surface area contributed by atoms with Crippen LogP contribution >= 0.6 is 22.7 Å². The van der Waals surface area contributed by atoms with Gasteiger partial charge in [0.15, 0.2) is 0 Å². The summed E-state index contributed by atoms with van der Waals surface area (Å²) in [7, 11) is 0. The van der Waals surface area contributed by atoms with Gasteiger partial charge in [-0.1, -0.05) is 13.2 Å². The number of rotatable bonds is 4. The van der Waals surface area contributed by atoms with E-state index < -0.39 is 0 Å². The maximum atomic E-state index is 12.2. The highest BCUT2D eigenvalue weighted by Gasteiger charge is 2.20. The van der Waals surface area contributed by atoms with Crippen molar-refractivity contribution in [1.29, 1.82) is 0 Å². The summed E-state index contributed by atoms with van der Waals surface area (Å²) < 4.78 is 0. The quantitative estimate of drug-likeness (QED) is 0.669. The number of thiophene rings is 1. The van der Waals surface area contributed by atoms with Gasteiger partial charge in [-0.25, -0.2) is 4.98 Å². The second-order valence-corrected chi connectivity index (χ2v) is 5.78. The van der Waals surface area contributed by atoms with Crippen LogP contribution in [0.5, 0.6) is 0 Å². The normalized spacial score (nSPS) is 10.2. The number of carbonyl (C=O) groups excluding carboxylic acids is 1. The number of hydrogen-bond donors (Lipinski definition) is 2. The van der Waals surface area contributed by atoms with Crippen LogP contribution in [0.2, 0.25) is 0 Å². The Morgan fingerprint density at radius 3 is 2.74 bits per heavy atom. The summed E-state index contributed by atoms with van der Waals surface area (Å²) in [5.74, 6) is -0.568. The van der Waals surface area contributed by atoms with Crippen molar-refractivity contribution in [1.82, 2.24) is 10.3 Å². The lowest BCUT2D eigenvalue weighted by Crippen LogP contribution is -2.23. The first-order chi connectivity index (χ1) is 9.00. The highest BCUT2D eigenvalue weighted by molar-refractivity contribution is 7.14. The zero-order valence-electron chi connectivity index (χ0n) is 10.3. The second-order valence-electron chi connectivity index (χ2n) is 3.80. The van der Waals surface area contributed by atoms with E-state index in [2.05, 4.69) is 23.5 Å². The Kier molecular flexibility index (Phi) is 3.82. The zero-order valence-corrected chi connectivity index (χ0v) is 11.9. The number of aliphatic hydroxyl groups excluding tert-OH is 1. The Bertz CT molecular complexity index is 642. The molecule has 0 spiro atoms. The number of amides is 1. The van der Waals surface area contributed by atoms with Crippen LogP contribution in [0, 0.1) is 6.92 Å². The molecule has 19 heavy (non-hydrogen) atoms. The van der Waals surface area contributed by atoms with Gasteiger partial charge in [-0.3, -0.25) is 4.79 Å². The molecule has 4 nitrogen and oxygen atoms in total. The molecular formula is C13H12N2O2S2. The number of nitrogens with zero attached hydrogens (tertiary/aromatic N) is 1. The molecule has 2 aromatic rings. The number of aliphatic hydroxyl groups is 1. The van der Waals surface area contributed by atoms with Gasteiger partial charge >= 0.3 is 0 Å². The molecule has 0 aliphatic heterocycles. The fourth-order valence-electron chi connectivity index (χ4n) is 1.52. The molecule has 0 fully saturated rings. The lowest BCUT2D eigenvalue weighted by atomic mass is 10.1. The molecule has 0 aliphatic carbocycles. The molecule has 2 N–H and O–H groups in total. The highest BCUT2D eigenvalue weighted by atomic mass is 32.1. The summed E-state index contributed by atoms with van der Waals surface area (Å²) in [6.45, 7) is 8.72. The molecule has 0 bridgehead atoms. The van der Waals surface area contributed by atoms with E-state index in [9.17, 15) is 9.90 Å². The molecule has 1 amide bonds. The summed E-state index contributed by atoms with van der Waals surface area (Å²) in [5, 5.41) is 16.3. The smallest absolute Gasteiger partial charge is 0.257 e. The van der Waals surface area contributed by atoms with E-state index >= 15 is 0 Å². The van der Waals surface area contributed by atoms with Crippen molar-refractivity contribution in [3.8, 4) is 10.6 Å². The van der Waals surface area contributed by atoms with Crippen LogP contribution in [0.4, 0.5) is 0 Å². The van der Waals surface area contributed by atoms with Gasteiger partial charge in [0, 0.05) is 27.4 Å². The first-order valence-electron chi connectivity index (χ1n) is 5.37. The van der Waals surface area contributed by atoms with Crippen molar-refractivity contribution in [3.63, 3.8) is 0 Å². The minimum Gasteiger partial charge on any atom is -0.506 e. The zero-order chi connectivity index (χ0) is 14.0. The molecule has 6 heteroatoms. The average Bonchev–Trinajstić information content (AvgIpc) is 2.96. The van der Waals surface area contributed by atoms with E-state index in [1.807, 2.05) is 17.7 Å². The van der Waals surface area contributed by atoms with E-state index in [1.165, 1.54) is 22.7 Å². The van der Waals surface area contributed by atoms with Crippen molar-refractivity contribution in [2.45, 2.75) is 6.92 Å². The van der Waals surface area contributed by atoms with Crippen LogP contribution in [0.15, 0.2) is 41.6 Å². The molecule has 2 aromatic heterocycles. The highest BCUT2D eigenvalue weighted by Crippen LogP contribution is 2.32. The number of aromatic nitrogens is 1. The van der Waals surface area contributed by atoms with Crippen LogP contribution < -0.4 is 5.32 Å². The Morgan fingerprint density at radius 1 is 1.42 bits per heavy atom. The van der Waals surface area contributed by atoms with Crippen molar-refractivity contribution < 1.29 is 9.90 Å². The molecule has 2 heterocycles. The predicted molar refractivity (Wildman–Crippen MR) is 78.5 cm³/mol. The van der Waals surface area contributed by atoms with Gasteiger partial charge in [-0.2, -0.15) is 0 Å². The molecule has 0 unspecified atom stereocenters. The van der Waals surface area contributed by atoms with Crippen molar-refractivity contribution in [2.75, 3.05) is 0 Å². The molecule has 0 saturated heterocycles. The number of thiazole rings is 1. The fourth-order valence-corrected chi connectivity index (χ4v) is 3.10. The van der Waals surface area contributed by atoms with Crippen LogP contribution in [0.3, 0.4) is 0 Å². The topological polar surface area (TPSA) is 62.2 Å². The van der Waals surface area contributed by atoms with Crippen molar-refractivity contribution >= 4 is 28.6 Å². The standard InChI is InChI=1S/C13H12N2O2S2/c1-7(8(2)16)15-12(17)11-9(3)19-6-10(11)13-14-4-5-18-13/h4-6,16H,1-2H2,3H3,(H,15,17). The lowest BCUT2D eigenvalue weighted by Gasteiger charge is -2.08. The SMILES string of the molecule is C=C(O)C(=C)NC(=O)c1c(-c2nccs2)csc1C. The number of hydrogen-bond acceptors (Lipinski definition) is 5. The van der Waals surface area contributed by atoms with Crippen LogP contribution in [-0.4, -0.2) is 16.0 Å². The number of aryl methyl sites for hydroxylation is 1. The molecule has 0 aromatic carbocycles. The third kappa shape index (κ3) is 2.74. The van der Waals surface area contributed by atoms with Gasteiger partial charge in [0.25, 0.3) is 5.91 Å². The Hall–Kier alpha value is -1.92. The van der Waals surface area contributed by atoms with Gasteiger partial charge in [0.2, 0.25) is 0 Å². The number of nitrogens with one attached hydrogen (secondary N) is 1. The minimum absolute atomic E-state index is 0.0979. The first kappa shape index (κ1) is 13.5. The molecule has 0 aliphatic rings. The molecule has 98 valence electrons. The predicted octanol–water partition coefficient (Wildman–Crippen LogP) is 3.50. The Labute approximate surface area is 118 Å². The molecule has 0 radical (unpaired) electrons. The summed E-state index contributed by atoms with van der Waals surface area (Å²) in [6.07, 6.45) is 1.70. The van der Waals surface area contributed by atoms with Gasteiger partial charge < -0.3 is 10.4 Å². The van der Waals surface area contributed by atoms with Crippen LogP contribution in [0.1, 0.15) is 15.2 Å². The Balaban J connectivity index is 2.35. The van der Waals surface area contributed by atoms with Gasteiger partial charge in [0.1, 0.15) is 10.8 Å². The number of carbonyl (C=O) groups is 1. The summed E-state index contributed by atoms with van der Waals surface area (Å²) in [5.41, 5.74) is 1.45. The fraction of sp³-hybridized carbons (Fsp3) is 0.0769. The van der Waals surface area contributed by atoms with E-state index in [1.54, 1.807) is 6.20 Å². The second kappa shape index (κ2) is 5.38. The average molecular weight is 292 g/mol. The van der Waals surface area contributed by atoms with Crippen molar-refractivity contribution in [3.05, 3.63) is 52.0 Å². The van der Waals surface area contributed by atoms with Crippen LogP contribution in [-0.2, 0) is 0 Å². The first-order valence-corrected chi connectivity index (χ1v) is 7.13. The maximum Gasteiger partial charge on any atom is 0.257 e. The van der Waals surface area contributed by atoms with E-state index in [4.69, 9.17) is 0 Å².